The minimum atomic E-state index is -0.0900. The molecule has 1 amide bonds. The Bertz CT molecular complexity index is 1180. The van der Waals surface area contributed by atoms with Gasteiger partial charge in [0.15, 0.2) is 11.0 Å². The summed E-state index contributed by atoms with van der Waals surface area (Å²) in [6.45, 7) is 6.07. The lowest BCUT2D eigenvalue weighted by molar-refractivity contribution is -0.113. The number of anilines is 1. The predicted octanol–water partition coefficient (Wildman–Crippen LogP) is 4.99. The van der Waals surface area contributed by atoms with Crippen LogP contribution in [0.15, 0.2) is 72.0 Å². The maximum absolute atomic E-state index is 12.6. The van der Waals surface area contributed by atoms with Crippen LogP contribution in [0.5, 0.6) is 0 Å². The molecule has 0 aliphatic heterocycles. The van der Waals surface area contributed by atoms with Gasteiger partial charge in [-0.05, 0) is 68.3 Å². The van der Waals surface area contributed by atoms with E-state index in [0.717, 1.165) is 28.2 Å². The molecule has 0 aliphatic rings. The Morgan fingerprint density at radius 1 is 0.935 bits per heavy atom. The molecule has 156 valence electrons. The van der Waals surface area contributed by atoms with E-state index in [1.807, 2.05) is 79.9 Å². The van der Waals surface area contributed by atoms with Crippen LogP contribution in [-0.2, 0) is 4.79 Å². The Labute approximate surface area is 185 Å². The van der Waals surface area contributed by atoms with Gasteiger partial charge in [0.25, 0.3) is 0 Å². The number of amides is 1. The molecule has 7 heteroatoms. The fourth-order valence-electron chi connectivity index (χ4n) is 3.32. The number of pyridine rings is 1. The van der Waals surface area contributed by atoms with Gasteiger partial charge in [-0.2, -0.15) is 0 Å². The fourth-order valence-corrected chi connectivity index (χ4v) is 4.08. The van der Waals surface area contributed by atoms with Crippen LogP contribution in [-0.4, -0.2) is 31.4 Å². The second-order valence-electron chi connectivity index (χ2n) is 7.41. The van der Waals surface area contributed by atoms with Crippen molar-refractivity contribution < 1.29 is 4.79 Å². The zero-order valence-corrected chi connectivity index (χ0v) is 18.5. The lowest BCUT2D eigenvalue weighted by atomic mass is 10.1. The van der Waals surface area contributed by atoms with Crippen LogP contribution in [0, 0.1) is 20.8 Å². The van der Waals surface area contributed by atoms with Crippen LogP contribution in [0.2, 0.25) is 0 Å². The van der Waals surface area contributed by atoms with E-state index >= 15 is 0 Å². The van der Waals surface area contributed by atoms with Crippen LogP contribution in [0.4, 0.5) is 5.69 Å². The van der Waals surface area contributed by atoms with E-state index in [2.05, 4.69) is 26.6 Å². The highest BCUT2D eigenvalue weighted by Crippen LogP contribution is 2.27. The van der Waals surface area contributed by atoms with E-state index < -0.39 is 0 Å². The fraction of sp³-hybridized carbons (Fsp3) is 0.167. The maximum Gasteiger partial charge on any atom is 0.234 e. The average molecular weight is 430 g/mol. The van der Waals surface area contributed by atoms with Gasteiger partial charge < -0.3 is 5.32 Å². The number of hydrogen-bond donors (Lipinski definition) is 1. The van der Waals surface area contributed by atoms with Crippen molar-refractivity contribution in [2.45, 2.75) is 25.9 Å². The average Bonchev–Trinajstić information content (AvgIpc) is 3.17. The topological polar surface area (TPSA) is 72.7 Å². The SMILES string of the molecule is Cc1ccc(-n2c(SCC(=O)Nc3cc(C)cc(C)c3)nnc2-c2ccccn2)cc1. The third-order valence-corrected chi connectivity index (χ3v) is 5.59. The molecule has 0 bridgehead atoms. The third-order valence-electron chi connectivity index (χ3n) is 4.66. The number of nitrogens with one attached hydrogen (secondary N) is 1. The van der Waals surface area contributed by atoms with Crippen molar-refractivity contribution in [1.29, 1.82) is 0 Å². The summed E-state index contributed by atoms with van der Waals surface area (Å²) in [5.41, 5.74) is 5.84. The number of carbonyl (C=O) groups excluding carboxylic acids is 1. The van der Waals surface area contributed by atoms with Crippen LogP contribution in [0.25, 0.3) is 17.2 Å². The van der Waals surface area contributed by atoms with Gasteiger partial charge in [-0.1, -0.05) is 41.6 Å². The highest BCUT2D eigenvalue weighted by Gasteiger charge is 2.18. The summed E-state index contributed by atoms with van der Waals surface area (Å²) < 4.78 is 1.94. The number of nitrogens with zero attached hydrogens (tertiary/aromatic N) is 4. The minimum absolute atomic E-state index is 0.0900. The van der Waals surface area contributed by atoms with Gasteiger partial charge in [0.2, 0.25) is 5.91 Å². The summed E-state index contributed by atoms with van der Waals surface area (Å²) in [4.78, 5) is 17.0. The summed E-state index contributed by atoms with van der Waals surface area (Å²) in [6, 6.07) is 19.8. The van der Waals surface area contributed by atoms with Crippen molar-refractivity contribution in [2.24, 2.45) is 0 Å². The molecule has 0 aliphatic carbocycles. The Morgan fingerprint density at radius 2 is 1.68 bits per heavy atom. The number of aromatic nitrogens is 4. The first kappa shape index (κ1) is 20.8. The molecule has 2 aromatic heterocycles. The molecular weight excluding hydrogens is 406 g/mol. The number of benzene rings is 2. The van der Waals surface area contributed by atoms with Crippen molar-refractivity contribution in [1.82, 2.24) is 19.7 Å². The second kappa shape index (κ2) is 9.14. The molecule has 0 atom stereocenters. The molecule has 2 heterocycles. The first-order valence-electron chi connectivity index (χ1n) is 9.94. The highest BCUT2D eigenvalue weighted by atomic mass is 32.2. The first-order valence-corrected chi connectivity index (χ1v) is 10.9. The Kier molecular flexibility index (Phi) is 6.13. The van der Waals surface area contributed by atoms with Gasteiger partial charge in [-0.15, -0.1) is 10.2 Å². The van der Waals surface area contributed by atoms with E-state index in [0.29, 0.717) is 11.0 Å². The lowest BCUT2D eigenvalue weighted by Gasteiger charge is -2.11. The Morgan fingerprint density at radius 3 is 2.35 bits per heavy atom. The molecule has 2 aromatic carbocycles. The number of thioether (sulfide) groups is 1. The number of hydrogen-bond acceptors (Lipinski definition) is 5. The Balaban J connectivity index is 1.58. The van der Waals surface area contributed by atoms with Crippen molar-refractivity contribution in [3.05, 3.63) is 83.6 Å². The van der Waals surface area contributed by atoms with Gasteiger partial charge in [0, 0.05) is 17.6 Å². The van der Waals surface area contributed by atoms with Crippen LogP contribution in [0.1, 0.15) is 16.7 Å². The summed E-state index contributed by atoms with van der Waals surface area (Å²) in [6.07, 6.45) is 1.73. The minimum Gasteiger partial charge on any atom is -0.325 e. The van der Waals surface area contributed by atoms with Crippen LogP contribution < -0.4 is 5.32 Å². The molecule has 31 heavy (non-hydrogen) atoms. The van der Waals surface area contributed by atoms with Crippen molar-refractivity contribution in [2.75, 3.05) is 11.1 Å². The molecule has 0 fully saturated rings. The molecule has 0 radical (unpaired) electrons. The summed E-state index contributed by atoms with van der Waals surface area (Å²) in [5.74, 6) is 0.772. The van der Waals surface area contributed by atoms with E-state index in [9.17, 15) is 4.79 Å². The van der Waals surface area contributed by atoms with Gasteiger partial charge in [0.05, 0.1) is 5.75 Å². The largest absolute Gasteiger partial charge is 0.325 e. The zero-order chi connectivity index (χ0) is 21.8. The number of carbonyl (C=O) groups is 1. The van der Waals surface area contributed by atoms with E-state index in [1.54, 1.807) is 6.20 Å². The van der Waals surface area contributed by atoms with E-state index in [1.165, 1.54) is 17.3 Å². The molecule has 0 unspecified atom stereocenters. The van der Waals surface area contributed by atoms with Crippen LogP contribution in [0.3, 0.4) is 0 Å². The maximum atomic E-state index is 12.6. The Hall–Kier alpha value is -3.45. The molecule has 1 N–H and O–H groups in total. The summed E-state index contributed by atoms with van der Waals surface area (Å²) >= 11 is 1.35. The second-order valence-corrected chi connectivity index (χ2v) is 8.35. The first-order chi connectivity index (χ1) is 15.0. The number of rotatable bonds is 6. The normalized spacial score (nSPS) is 10.8. The molecule has 0 saturated carbocycles. The lowest BCUT2D eigenvalue weighted by Crippen LogP contribution is -2.14. The monoisotopic (exact) mass is 429 g/mol. The standard InChI is InChI=1S/C24H23N5OS/c1-16-7-9-20(10-8-16)29-23(21-6-4-5-11-25-21)27-28-24(29)31-15-22(30)26-19-13-17(2)12-18(3)14-19/h4-14H,15H2,1-3H3,(H,26,30). The summed E-state index contributed by atoms with van der Waals surface area (Å²) in [5, 5.41) is 12.3. The summed E-state index contributed by atoms with van der Waals surface area (Å²) in [7, 11) is 0. The highest BCUT2D eigenvalue weighted by molar-refractivity contribution is 7.99. The third kappa shape index (κ3) is 5.00. The van der Waals surface area contributed by atoms with Crippen molar-refractivity contribution in [3.8, 4) is 17.2 Å². The van der Waals surface area contributed by atoms with Gasteiger partial charge in [-0.25, -0.2) is 0 Å². The van der Waals surface area contributed by atoms with Gasteiger partial charge in [-0.3, -0.25) is 14.3 Å². The molecule has 0 spiro atoms. The van der Waals surface area contributed by atoms with Crippen LogP contribution >= 0.6 is 11.8 Å². The molecular formula is C24H23N5OS. The van der Waals surface area contributed by atoms with E-state index in [4.69, 9.17) is 0 Å². The predicted molar refractivity (Wildman–Crippen MR) is 125 cm³/mol. The zero-order valence-electron chi connectivity index (χ0n) is 17.7. The smallest absolute Gasteiger partial charge is 0.234 e. The molecule has 0 saturated heterocycles. The van der Waals surface area contributed by atoms with Crippen molar-refractivity contribution in [3.63, 3.8) is 0 Å². The van der Waals surface area contributed by atoms with Gasteiger partial charge in [0.1, 0.15) is 5.69 Å². The quantitative estimate of drug-likeness (QED) is 0.437. The molecule has 4 aromatic rings. The molecule has 4 rings (SSSR count). The van der Waals surface area contributed by atoms with E-state index in [-0.39, 0.29) is 11.7 Å². The molecule has 6 nitrogen and oxygen atoms in total. The number of aryl methyl sites for hydroxylation is 3. The van der Waals surface area contributed by atoms with Gasteiger partial charge >= 0.3 is 0 Å². The van der Waals surface area contributed by atoms with Crippen molar-refractivity contribution >= 4 is 23.4 Å².